The SMILES string of the molecule is CNC(c1ccc(CN)cc1)c1c[nH]c2ccccc12. The van der Waals surface area contributed by atoms with Crippen LogP contribution in [0.1, 0.15) is 22.7 Å². The normalized spacial score (nSPS) is 12.7. The Morgan fingerprint density at radius 2 is 1.85 bits per heavy atom. The van der Waals surface area contributed by atoms with E-state index in [1.807, 2.05) is 13.1 Å². The first-order chi connectivity index (χ1) is 9.83. The van der Waals surface area contributed by atoms with E-state index in [1.165, 1.54) is 22.0 Å². The smallest absolute Gasteiger partial charge is 0.0595 e. The second kappa shape index (κ2) is 5.49. The van der Waals surface area contributed by atoms with Gasteiger partial charge in [0.15, 0.2) is 0 Å². The van der Waals surface area contributed by atoms with Crippen LogP contribution in [0, 0.1) is 0 Å². The monoisotopic (exact) mass is 265 g/mol. The van der Waals surface area contributed by atoms with Gasteiger partial charge in [0.1, 0.15) is 0 Å². The molecule has 0 spiro atoms. The van der Waals surface area contributed by atoms with Crippen molar-refractivity contribution in [2.75, 3.05) is 7.05 Å². The van der Waals surface area contributed by atoms with Crippen molar-refractivity contribution in [2.24, 2.45) is 5.73 Å². The third-order valence-corrected chi connectivity index (χ3v) is 3.77. The molecule has 0 bridgehead atoms. The van der Waals surface area contributed by atoms with Crippen molar-refractivity contribution in [2.45, 2.75) is 12.6 Å². The first-order valence-electron chi connectivity index (χ1n) is 6.85. The Hall–Kier alpha value is -2.10. The van der Waals surface area contributed by atoms with Gasteiger partial charge in [-0.2, -0.15) is 0 Å². The van der Waals surface area contributed by atoms with Crippen LogP contribution in [0.15, 0.2) is 54.7 Å². The number of nitrogens with two attached hydrogens (primary N) is 1. The summed E-state index contributed by atoms with van der Waals surface area (Å²) in [5.41, 5.74) is 10.5. The number of aromatic nitrogens is 1. The molecular formula is C17H19N3. The summed E-state index contributed by atoms with van der Waals surface area (Å²) in [6, 6.07) is 17.0. The highest BCUT2D eigenvalue weighted by Gasteiger charge is 2.15. The number of nitrogens with one attached hydrogen (secondary N) is 2. The maximum Gasteiger partial charge on any atom is 0.0595 e. The number of hydrogen-bond donors (Lipinski definition) is 3. The summed E-state index contributed by atoms with van der Waals surface area (Å²) >= 11 is 0. The van der Waals surface area contributed by atoms with Crippen LogP contribution in [0.4, 0.5) is 0 Å². The quantitative estimate of drug-likeness (QED) is 0.679. The average Bonchev–Trinajstić information content (AvgIpc) is 2.93. The molecule has 0 radical (unpaired) electrons. The van der Waals surface area contributed by atoms with Crippen molar-refractivity contribution in [3.8, 4) is 0 Å². The second-order valence-electron chi connectivity index (χ2n) is 4.96. The fourth-order valence-corrected chi connectivity index (χ4v) is 2.68. The van der Waals surface area contributed by atoms with Crippen molar-refractivity contribution in [1.82, 2.24) is 10.3 Å². The lowest BCUT2D eigenvalue weighted by Crippen LogP contribution is -2.17. The molecule has 20 heavy (non-hydrogen) atoms. The van der Waals surface area contributed by atoms with Crippen molar-refractivity contribution >= 4 is 10.9 Å². The molecule has 0 saturated heterocycles. The van der Waals surface area contributed by atoms with E-state index >= 15 is 0 Å². The summed E-state index contributed by atoms with van der Waals surface area (Å²) in [7, 11) is 1.99. The lowest BCUT2D eigenvalue weighted by Gasteiger charge is -2.16. The fraction of sp³-hybridized carbons (Fsp3) is 0.176. The van der Waals surface area contributed by atoms with Gasteiger partial charge in [-0.1, -0.05) is 42.5 Å². The maximum absolute atomic E-state index is 5.66. The lowest BCUT2D eigenvalue weighted by molar-refractivity contribution is 0.696. The Labute approximate surface area is 118 Å². The summed E-state index contributed by atoms with van der Waals surface area (Å²) in [4.78, 5) is 3.34. The molecule has 3 aromatic rings. The molecule has 0 fully saturated rings. The molecule has 0 amide bonds. The van der Waals surface area contributed by atoms with Gasteiger partial charge < -0.3 is 16.0 Å². The maximum atomic E-state index is 5.66. The Bertz CT molecular complexity index is 698. The zero-order valence-corrected chi connectivity index (χ0v) is 11.6. The number of fused-ring (bicyclic) bond motifs is 1. The van der Waals surface area contributed by atoms with Crippen LogP contribution in [-0.4, -0.2) is 12.0 Å². The highest BCUT2D eigenvalue weighted by atomic mass is 14.9. The van der Waals surface area contributed by atoms with Gasteiger partial charge in [-0.15, -0.1) is 0 Å². The fourth-order valence-electron chi connectivity index (χ4n) is 2.68. The minimum absolute atomic E-state index is 0.179. The number of para-hydroxylation sites is 1. The zero-order valence-electron chi connectivity index (χ0n) is 11.6. The van der Waals surface area contributed by atoms with Crippen LogP contribution in [-0.2, 0) is 6.54 Å². The summed E-state index contributed by atoms with van der Waals surface area (Å²) < 4.78 is 0. The molecule has 3 rings (SSSR count). The van der Waals surface area contributed by atoms with E-state index in [2.05, 4.69) is 59.0 Å². The largest absolute Gasteiger partial charge is 0.361 e. The molecule has 102 valence electrons. The molecule has 0 saturated carbocycles. The third-order valence-electron chi connectivity index (χ3n) is 3.77. The third kappa shape index (κ3) is 2.22. The summed E-state index contributed by atoms with van der Waals surface area (Å²) in [5, 5.41) is 4.66. The minimum atomic E-state index is 0.179. The Balaban J connectivity index is 2.04. The van der Waals surface area contributed by atoms with E-state index in [1.54, 1.807) is 0 Å². The van der Waals surface area contributed by atoms with Crippen LogP contribution >= 0.6 is 0 Å². The Morgan fingerprint density at radius 3 is 2.55 bits per heavy atom. The molecule has 3 nitrogen and oxygen atoms in total. The average molecular weight is 265 g/mol. The molecule has 0 aliphatic heterocycles. The van der Waals surface area contributed by atoms with Crippen LogP contribution in [0.3, 0.4) is 0 Å². The van der Waals surface area contributed by atoms with Crippen LogP contribution in [0.25, 0.3) is 10.9 Å². The molecule has 0 aliphatic rings. The molecule has 1 atom stereocenters. The van der Waals surface area contributed by atoms with Crippen molar-refractivity contribution in [3.63, 3.8) is 0 Å². The van der Waals surface area contributed by atoms with Crippen molar-refractivity contribution in [3.05, 3.63) is 71.4 Å². The van der Waals surface area contributed by atoms with Crippen LogP contribution < -0.4 is 11.1 Å². The lowest BCUT2D eigenvalue weighted by atomic mass is 9.97. The van der Waals surface area contributed by atoms with Gasteiger partial charge in [0.2, 0.25) is 0 Å². The zero-order chi connectivity index (χ0) is 13.9. The van der Waals surface area contributed by atoms with Gasteiger partial charge in [-0.3, -0.25) is 0 Å². The highest BCUT2D eigenvalue weighted by Crippen LogP contribution is 2.28. The molecule has 1 unspecified atom stereocenters. The molecular weight excluding hydrogens is 246 g/mol. The van der Waals surface area contributed by atoms with E-state index in [-0.39, 0.29) is 6.04 Å². The Morgan fingerprint density at radius 1 is 1.10 bits per heavy atom. The van der Waals surface area contributed by atoms with Crippen LogP contribution in [0.2, 0.25) is 0 Å². The van der Waals surface area contributed by atoms with Crippen LogP contribution in [0.5, 0.6) is 0 Å². The molecule has 3 heteroatoms. The van der Waals surface area contributed by atoms with Gasteiger partial charge in [-0.25, -0.2) is 0 Å². The summed E-state index contributed by atoms with van der Waals surface area (Å²) in [6.45, 7) is 0.581. The number of rotatable bonds is 4. The molecule has 4 N–H and O–H groups in total. The summed E-state index contributed by atoms with van der Waals surface area (Å²) in [5.74, 6) is 0. The molecule has 1 aromatic heterocycles. The van der Waals surface area contributed by atoms with E-state index in [4.69, 9.17) is 5.73 Å². The molecule has 2 aromatic carbocycles. The van der Waals surface area contributed by atoms with E-state index < -0.39 is 0 Å². The number of benzene rings is 2. The molecule has 0 aliphatic carbocycles. The standard InChI is InChI=1S/C17H19N3/c1-19-17(13-8-6-12(10-18)7-9-13)15-11-20-16-5-3-2-4-14(15)16/h2-9,11,17,19-20H,10,18H2,1H3. The number of H-pyrrole nitrogens is 1. The van der Waals surface area contributed by atoms with Gasteiger partial charge >= 0.3 is 0 Å². The first-order valence-corrected chi connectivity index (χ1v) is 6.85. The predicted octanol–water partition coefficient (Wildman–Crippen LogP) is 2.94. The van der Waals surface area contributed by atoms with Crippen molar-refractivity contribution < 1.29 is 0 Å². The predicted molar refractivity (Wildman–Crippen MR) is 83.5 cm³/mol. The second-order valence-corrected chi connectivity index (χ2v) is 4.96. The van der Waals surface area contributed by atoms with E-state index in [9.17, 15) is 0 Å². The van der Waals surface area contributed by atoms with Gasteiger partial charge in [0.05, 0.1) is 6.04 Å². The Kier molecular flexibility index (Phi) is 3.54. The molecule has 1 heterocycles. The van der Waals surface area contributed by atoms with Gasteiger partial charge in [0.25, 0.3) is 0 Å². The van der Waals surface area contributed by atoms with E-state index in [0.717, 1.165) is 5.56 Å². The topological polar surface area (TPSA) is 53.8 Å². The van der Waals surface area contributed by atoms with Gasteiger partial charge in [0, 0.05) is 23.6 Å². The minimum Gasteiger partial charge on any atom is -0.361 e. The number of aromatic amines is 1. The summed E-state index contributed by atoms with van der Waals surface area (Å²) in [6.07, 6.45) is 2.09. The first kappa shape index (κ1) is 12.9. The highest BCUT2D eigenvalue weighted by molar-refractivity contribution is 5.84. The van der Waals surface area contributed by atoms with Crippen molar-refractivity contribution in [1.29, 1.82) is 0 Å². The van der Waals surface area contributed by atoms with Gasteiger partial charge in [-0.05, 0) is 29.8 Å². The number of hydrogen-bond acceptors (Lipinski definition) is 2. The van der Waals surface area contributed by atoms with E-state index in [0.29, 0.717) is 6.54 Å².